The summed E-state index contributed by atoms with van der Waals surface area (Å²) in [6.07, 6.45) is 0. The van der Waals surface area contributed by atoms with Crippen molar-refractivity contribution >= 4 is 62.6 Å². The van der Waals surface area contributed by atoms with Crippen molar-refractivity contribution in [3.8, 4) is 35.7 Å². The maximum atomic E-state index is 11.3. The molecule has 0 atom stereocenters. The molecule has 0 unspecified atom stereocenters. The van der Waals surface area contributed by atoms with Gasteiger partial charge in [0.15, 0.2) is 6.61 Å². The van der Waals surface area contributed by atoms with E-state index in [0.29, 0.717) is 5.56 Å². The summed E-state index contributed by atoms with van der Waals surface area (Å²) in [7, 11) is 0. The van der Waals surface area contributed by atoms with Gasteiger partial charge in [-0.2, -0.15) is 0 Å². The normalized spacial score (nSPS) is 10.7. The second kappa shape index (κ2) is 11.4. The van der Waals surface area contributed by atoms with Crippen LogP contribution in [0.4, 0.5) is 10.7 Å². The number of ether oxygens (including phenoxy) is 1. The topological polar surface area (TPSA) is 168 Å². The zero-order valence-electron chi connectivity index (χ0n) is 19.2. The molecule has 0 amide bonds. The molecule has 196 valence electrons. The summed E-state index contributed by atoms with van der Waals surface area (Å²) < 4.78 is 5.40. The Morgan fingerprint density at radius 1 is 0.763 bits per heavy atom. The fourth-order valence-electron chi connectivity index (χ4n) is 3.52. The van der Waals surface area contributed by atoms with E-state index in [1.165, 1.54) is 34.8 Å². The van der Waals surface area contributed by atoms with Crippen molar-refractivity contribution in [2.24, 2.45) is 0 Å². The number of benzene rings is 1. The van der Waals surface area contributed by atoms with E-state index in [0.717, 1.165) is 40.6 Å². The average Bonchev–Trinajstić information content (AvgIpc) is 3.61. The molecule has 38 heavy (non-hydrogen) atoms. The first kappa shape index (κ1) is 26.8. The third-order valence-corrected chi connectivity index (χ3v) is 8.71. The van der Waals surface area contributed by atoms with E-state index in [4.69, 9.17) is 9.84 Å². The molecule has 0 fully saturated rings. The maximum absolute atomic E-state index is 11.3. The minimum Gasteiger partial charge on any atom is -0.480 e. The second-order valence-corrected chi connectivity index (χ2v) is 11.0. The number of aliphatic carboxylic acids is 3. The van der Waals surface area contributed by atoms with E-state index in [9.17, 15) is 34.7 Å². The van der Waals surface area contributed by atoms with Crippen LogP contribution in [-0.2, 0) is 14.4 Å². The molecule has 0 saturated carbocycles. The van der Waals surface area contributed by atoms with Crippen molar-refractivity contribution in [3.63, 3.8) is 0 Å². The van der Waals surface area contributed by atoms with Gasteiger partial charge in [-0.15, -0.1) is 22.7 Å². The predicted octanol–water partition coefficient (Wildman–Crippen LogP) is 5.22. The van der Waals surface area contributed by atoms with Crippen molar-refractivity contribution in [2.45, 2.75) is 0 Å². The van der Waals surface area contributed by atoms with Crippen LogP contribution in [-0.4, -0.2) is 57.8 Å². The fraction of sp³-hybridized carbons (Fsp3) is 0.125. The molecule has 0 aliphatic heterocycles. The smallest absolute Gasteiger partial charge is 0.341 e. The zero-order valence-corrected chi connectivity index (χ0v) is 21.7. The number of hydrogen-bond donors (Lipinski definition) is 3. The average molecular weight is 575 g/mol. The molecular weight excluding hydrogens is 556 g/mol. The number of anilines is 1. The summed E-state index contributed by atoms with van der Waals surface area (Å²) in [5.41, 5.74) is 0.811. The van der Waals surface area contributed by atoms with E-state index in [1.54, 1.807) is 18.2 Å². The Kier molecular flexibility index (Phi) is 8.05. The Bertz CT molecular complexity index is 1510. The van der Waals surface area contributed by atoms with Gasteiger partial charge < -0.3 is 25.0 Å². The van der Waals surface area contributed by atoms with Crippen LogP contribution in [0.5, 0.6) is 5.75 Å². The highest BCUT2D eigenvalue weighted by Gasteiger charge is 2.20. The first-order valence-electron chi connectivity index (χ1n) is 10.7. The molecule has 0 saturated heterocycles. The zero-order chi connectivity index (χ0) is 27.4. The summed E-state index contributed by atoms with van der Waals surface area (Å²) in [6, 6.07) is 15.6. The number of carbonyl (C=O) groups is 3. The SMILES string of the molecule is O=C(O)COc1cc(-c2ccc(-c3ccc(-c4ccc([N+](=O)[O-])s4)s3)s2)ccc1N(CC(=O)O)CC(=O)O. The monoisotopic (exact) mass is 574 g/mol. The minimum absolute atomic E-state index is 0.0417. The lowest BCUT2D eigenvalue weighted by molar-refractivity contribution is -0.380. The maximum Gasteiger partial charge on any atom is 0.341 e. The first-order valence-corrected chi connectivity index (χ1v) is 13.2. The molecule has 0 aliphatic carbocycles. The Labute approximate surface area is 226 Å². The molecule has 11 nitrogen and oxygen atoms in total. The molecule has 0 spiro atoms. The van der Waals surface area contributed by atoms with Gasteiger partial charge in [0, 0.05) is 25.6 Å². The van der Waals surface area contributed by atoms with E-state index in [2.05, 4.69) is 0 Å². The quantitative estimate of drug-likeness (QED) is 0.151. The van der Waals surface area contributed by atoms with Crippen molar-refractivity contribution < 1.29 is 39.4 Å². The standard InChI is InChI=1S/C24H18N2O9S3/c27-22(28)10-25(11-23(29)30)14-2-1-13(9-15(14)35-12-24(31)32)16-3-4-17(36-16)18-5-6-19(37-18)20-7-8-21(38-20)26(33)34/h1-9H,10-12H2,(H,27,28)(H,29,30)(H,31,32). The number of hydrogen-bond acceptors (Lipinski definition) is 10. The van der Waals surface area contributed by atoms with Gasteiger partial charge >= 0.3 is 22.9 Å². The van der Waals surface area contributed by atoms with Gasteiger partial charge in [-0.05, 0) is 48.0 Å². The molecule has 4 aromatic rings. The van der Waals surface area contributed by atoms with E-state index in [-0.39, 0.29) is 16.4 Å². The highest BCUT2D eigenvalue weighted by atomic mass is 32.1. The summed E-state index contributed by atoms with van der Waals surface area (Å²) >= 11 is 4.06. The molecule has 3 heterocycles. The third-order valence-electron chi connectivity index (χ3n) is 5.06. The molecule has 3 aromatic heterocycles. The van der Waals surface area contributed by atoms with Crippen LogP contribution in [0.1, 0.15) is 0 Å². The van der Waals surface area contributed by atoms with Gasteiger partial charge in [0.25, 0.3) is 0 Å². The summed E-state index contributed by atoms with van der Waals surface area (Å²) in [6.45, 7) is -1.93. The van der Waals surface area contributed by atoms with Crippen molar-refractivity contribution in [3.05, 3.63) is 64.7 Å². The Morgan fingerprint density at radius 3 is 1.82 bits per heavy atom. The van der Waals surface area contributed by atoms with Crippen LogP contribution in [0.25, 0.3) is 29.9 Å². The molecule has 4 rings (SSSR count). The van der Waals surface area contributed by atoms with Gasteiger partial charge in [0.1, 0.15) is 18.8 Å². The number of nitrogens with zero attached hydrogens (tertiary/aromatic N) is 2. The van der Waals surface area contributed by atoms with Gasteiger partial charge in [-0.1, -0.05) is 17.4 Å². The van der Waals surface area contributed by atoms with E-state index in [1.807, 2.05) is 24.3 Å². The van der Waals surface area contributed by atoms with Crippen LogP contribution in [0.2, 0.25) is 0 Å². The van der Waals surface area contributed by atoms with Gasteiger partial charge in [0.2, 0.25) is 0 Å². The number of rotatable bonds is 12. The van der Waals surface area contributed by atoms with Crippen LogP contribution >= 0.6 is 34.0 Å². The number of thiophene rings is 3. The van der Waals surface area contributed by atoms with Gasteiger partial charge in [-0.3, -0.25) is 19.7 Å². The van der Waals surface area contributed by atoms with Crippen LogP contribution in [0.15, 0.2) is 54.6 Å². The summed E-state index contributed by atoms with van der Waals surface area (Å²) in [5.74, 6) is -3.71. The van der Waals surface area contributed by atoms with Crippen molar-refractivity contribution in [1.29, 1.82) is 0 Å². The summed E-state index contributed by atoms with van der Waals surface area (Å²) in [4.78, 5) is 49.8. The highest BCUT2D eigenvalue weighted by Crippen LogP contribution is 2.43. The van der Waals surface area contributed by atoms with Crippen LogP contribution < -0.4 is 9.64 Å². The number of carboxylic acid groups (broad SMARTS) is 3. The Balaban J connectivity index is 1.63. The molecule has 0 bridgehead atoms. The largest absolute Gasteiger partial charge is 0.480 e. The fourth-order valence-corrected chi connectivity index (χ4v) is 6.53. The molecule has 0 aliphatic rings. The van der Waals surface area contributed by atoms with Crippen molar-refractivity contribution in [2.75, 3.05) is 24.6 Å². The predicted molar refractivity (Wildman–Crippen MR) is 144 cm³/mol. The lowest BCUT2D eigenvalue weighted by Crippen LogP contribution is -2.34. The van der Waals surface area contributed by atoms with Gasteiger partial charge in [0.05, 0.1) is 15.5 Å². The Morgan fingerprint density at radius 2 is 1.29 bits per heavy atom. The van der Waals surface area contributed by atoms with Crippen molar-refractivity contribution in [1.82, 2.24) is 0 Å². The van der Waals surface area contributed by atoms with E-state index >= 15 is 0 Å². The first-order chi connectivity index (χ1) is 18.1. The third kappa shape index (κ3) is 6.34. The molecular formula is C24H18N2O9S3. The second-order valence-electron chi connectivity index (χ2n) is 7.73. The lowest BCUT2D eigenvalue weighted by atomic mass is 10.1. The van der Waals surface area contributed by atoms with Crippen LogP contribution in [0, 0.1) is 10.1 Å². The Hall–Kier alpha value is -4.27. The van der Waals surface area contributed by atoms with Crippen LogP contribution in [0.3, 0.4) is 0 Å². The highest BCUT2D eigenvalue weighted by molar-refractivity contribution is 7.27. The molecule has 0 radical (unpaired) electrons. The number of carboxylic acids is 3. The van der Waals surface area contributed by atoms with E-state index < -0.39 is 42.5 Å². The number of nitro groups is 1. The lowest BCUT2D eigenvalue weighted by Gasteiger charge is -2.23. The van der Waals surface area contributed by atoms with Gasteiger partial charge in [-0.25, -0.2) is 4.79 Å². The molecule has 1 aromatic carbocycles. The minimum atomic E-state index is -1.25. The molecule has 14 heteroatoms. The summed E-state index contributed by atoms with van der Waals surface area (Å²) in [5, 5.41) is 38.6. The molecule has 3 N–H and O–H groups in total.